The highest BCUT2D eigenvalue weighted by atomic mass is 16.4. The van der Waals surface area contributed by atoms with E-state index in [4.69, 9.17) is 5.73 Å². The normalized spacial score (nSPS) is 26.4. The van der Waals surface area contributed by atoms with Crippen molar-refractivity contribution in [1.29, 1.82) is 0 Å². The van der Waals surface area contributed by atoms with Gasteiger partial charge in [0.1, 0.15) is 5.82 Å². The van der Waals surface area contributed by atoms with E-state index in [9.17, 15) is 9.90 Å². The van der Waals surface area contributed by atoms with Gasteiger partial charge in [-0.15, -0.1) is 0 Å². The van der Waals surface area contributed by atoms with Crippen molar-refractivity contribution < 1.29 is 9.90 Å². The van der Waals surface area contributed by atoms with Crippen molar-refractivity contribution in [1.82, 2.24) is 4.98 Å². The number of anilines is 1. The van der Waals surface area contributed by atoms with Crippen LogP contribution in [0.3, 0.4) is 0 Å². The van der Waals surface area contributed by atoms with Crippen LogP contribution in [0, 0.1) is 17.8 Å². The molecule has 1 aliphatic rings. The van der Waals surface area contributed by atoms with Crippen LogP contribution in [0.1, 0.15) is 44.6 Å². The van der Waals surface area contributed by atoms with Crippen LogP contribution >= 0.6 is 0 Å². The third-order valence-electron chi connectivity index (χ3n) is 4.51. The SMILES string of the molecule is CCCC1CCC(C(=O)O)C(Cc2cccnc2N)C1. The van der Waals surface area contributed by atoms with Crippen molar-refractivity contribution in [3.63, 3.8) is 0 Å². The van der Waals surface area contributed by atoms with Crippen LogP contribution in [0.2, 0.25) is 0 Å². The van der Waals surface area contributed by atoms with E-state index in [0.29, 0.717) is 11.7 Å². The number of rotatable bonds is 5. The molecule has 0 amide bonds. The van der Waals surface area contributed by atoms with E-state index in [1.54, 1.807) is 6.20 Å². The predicted molar refractivity (Wildman–Crippen MR) is 79.2 cm³/mol. The quantitative estimate of drug-likeness (QED) is 0.866. The van der Waals surface area contributed by atoms with E-state index >= 15 is 0 Å². The van der Waals surface area contributed by atoms with E-state index in [1.165, 1.54) is 12.8 Å². The number of nitrogens with two attached hydrogens (primary N) is 1. The lowest BCUT2D eigenvalue weighted by Crippen LogP contribution is -2.32. The highest BCUT2D eigenvalue weighted by Gasteiger charge is 2.34. The van der Waals surface area contributed by atoms with Gasteiger partial charge in [-0.05, 0) is 49.1 Å². The second-order valence-electron chi connectivity index (χ2n) is 5.92. The number of aromatic nitrogens is 1. The minimum atomic E-state index is -0.660. The van der Waals surface area contributed by atoms with Crippen LogP contribution in [-0.2, 0) is 11.2 Å². The number of nitrogens with zero attached hydrogens (tertiary/aromatic N) is 1. The van der Waals surface area contributed by atoms with Crippen molar-refractivity contribution in [3.8, 4) is 0 Å². The maximum atomic E-state index is 11.5. The van der Waals surface area contributed by atoms with E-state index < -0.39 is 5.97 Å². The highest BCUT2D eigenvalue weighted by molar-refractivity contribution is 5.70. The van der Waals surface area contributed by atoms with Gasteiger partial charge in [-0.2, -0.15) is 0 Å². The molecule has 0 aromatic carbocycles. The molecule has 0 bridgehead atoms. The van der Waals surface area contributed by atoms with Gasteiger partial charge in [0, 0.05) is 6.20 Å². The van der Waals surface area contributed by atoms with Gasteiger partial charge in [0.25, 0.3) is 0 Å². The summed E-state index contributed by atoms with van der Waals surface area (Å²) in [5, 5.41) is 9.43. The summed E-state index contributed by atoms with van der Waals surface area (Å²) in [4.78, 5) is 15.6. The topological polar surface area (TPSA) is 76.2 Å². The number of hydrogen-bond donors (Lipinski definition) is 2. The lowest BCUT2D eigenvalue weighted by molar-refractivity contribution is -0.145. The van der Waals surface area contributed by atoms with Crippen molar-refractivity contribution >= 4 is 11.8 Å². The molecule has 1 aromatic rings. The summed E-state index contributed by atoms with van der Waals surface area (Å²) in [5.74, 6) is 0.493. The molecule has 4 nitrogen and oxygen atoms in total. The first-order valence-corrected chi connectivity index (χ1v) is 7.54. The van der Waals surface area contributed by atoms with Crippen molar-refractivity contribution in [2.75, 3.05) is 5.73 Å². The van der Waals surface area contributed by atoms with Gasteiger partial charge in [0.15, 0.2) is 0 Å². The molecule has 0 spiro atoms. The molecule has 3 unspecified atom stereocenters. The number of aliphatic carboxylic acids is 1. The number of hydrogen-bond acceptors (Lipinski definition) is 3. The van der Waals surface area contributed by atoms with Crippen molar-refractivity contribution in [3.05, 3.63) is 23.9 Å². The van der Waals surface area contributed by atoms with E-state index in [-0.39, 0.29) is 11.8 Å². The van der Waals surface area contributed by atoms with Gasteiger partial charge in [-0.25, -0.2) is 4.98 Å². The highest BCUT2D eigenvalue weighted by Crippen LogP contribution is 2.38. The molecule has 0 radical (unpaired) electrons. The Balaban J connectivity index is 2.11. The van der Waals surface area contributed by atoms with Gasteiger partial charge in [0.05, 0.1) is 5.92 Å². The Hall–Kier alpha value is -1.58. The fourth-order valence-electron chi connectivity index (χ4n) is 3.49. The third-order valence-corrected chi connectivity index (χ3v) is 4.51. The van der Waals surface area contributed by atoms with Crippen LogP contribution in [0.15, 0.2) is 18.3 Å². The molecule has 4 heteroatoms. The van der Waals surface area contributed by atoms with Crippen LogP contribution in [0.5, 0.6) is 0 Å². The molecular weight excluding hydrogens is 252 g/mol. The summed E-state index contributed by atoms with van der Waals surface area (Å²) < 4.78 is 0. The number of carbonyl (C=O) groups is 1. The summed E-state index contributed by atoms with van der Waals surface area (Å²) in [6.07, 6.45) is 7.62. The summed E-state index contributed by atoms with van der Waals surface area (Å²) in [5.41, 5.74) is 6.88. The molecule has 110 valence electrons. The van der Waals surface area contributed by atoms with Gasteiger partial charge < -0.3 is 10.8 Å². The number of nitrogen functional groups attached to an aromatic ring is 1. The van der Waals surface area contributed by atoms with E-state index in [2.05, 4.69) is 11.9 Å². The Morgan fingerprint density at radius 2 is 2.30 bits per heavy atom. The smallest absolute Gasteiger partial charge is 0.306 e. The number of carboxylic acid groups (broad SMARTS) is 1. The molecule has 2 rings (SSSR count). The Kier molecular flexibility index (Phi) is 4.99. The predicted octanol–water partition coefficient (Wildman–Crippen LogP) is 3.12. The zero-order valence-corrected chi connectivity index (χ0v) is 12.1. The summed E-state index contributed by atoms with van der Waals surface area (Å²) >= 11 is 0. The van der Waals surface area contributed by atoms with Crippen LogP contribution in [0.4, 0.5) is 5.82 Å². The summed E-state index contributed by atoms with van der Waals surface area (Å²) in [6.45, 7) is 2.19. The maximum Gasteiger partial charge on any atom is 0.306 e. The second-order valence-corrected chi connectivity index (χ2v) is 5.92. The van der Waals surface area contributed by atoms with E-state index in [0.717, 1.165) is 31.2 Å². The average Bonchev–Trinajstić information content (AvgIpc) is 2.42. The lowest BCUT2D eigenvalue weighted by Gasteiger charge is -2.34. The minimum Gasteiger partial charge on any atom is -0.481 e. The molecule has 0 saturated heterocycles. The van der Waals surface area contributed by atoms with E-state index in [1.807, 2.05) is 12.1 Å². The Bertz CT molecular complexity index is 462. The van der Waals surface area contributed by atoms with Crippen molar-refractivity contribution in [2.45, 2.75) is 45.4 Å². The van der Waals surface area contributed by atoms with Gasteiger partial charge in [-0.1, -0.05) is 25.8 Å². The third kappa shape index (κ3) is 3.50. The second kappa shape index (κ2) is 6.73. The average molecular weight is 276 g/mol. The molecule has 1 heterocycles. The first-order chi connectivity index (χ1) is 9.61. The summed E-state index contributed by atoms with van der Waals surface area (Å²) in [7, 11) is 0. The standard InChI is InChI=1S/C16H24N2O2/c1-2-4-11-6-7-14(16(19)20)13(9-11)10-12-5-3-8-18-15(12)17/h3,5,8,11,13-14H,2,4,6-7,9-10H2,1H3,(H2,17,18)(H,19,20). The Morgan fingerprint density at radius 1 is 1.50 bits per heavy atom. The first kappa shape index (κ1) is 14.8. The largest absolute Gasteiger partial charge is 0.481 e. The van der Waals surface area contributed by atoms with Crippen molar-refractivity contribution in [2.24, 2.45) is 17.8 Å². The zero-order valence-electron chi connectivity index (χ0n) is 12.1. The summed E-state index contributed by atoms with van der Waals surface area (Å²) in [6, 6.07) is 3.83. The lowest BCUT2D eigenvalue weighted by atomic mass is 9.70. The van der Waals surface area contributed by atoms with Gasteiger partial charge in [0.2, 0.25) is 0 Å². The number of pyridine rings is 1. The van der Waals surface area contributed by atoms with Gasteiger partial charge >= 0.3 is 5.97 Å². The van der Waals surface area contributed by atoms with Gasteiger partial charge in [-0.3, -0.25) is 4.79 Å². The molecule has 0 aliphatic heterocycles. The zero-order chi connectivity index (χ0) is 14.5. The monoisotopic (exact) mass is 276 g/mol. The molecule has 3 atom stereocenters. The fraction of sp³-hybridized carbons (Fsp3) is 0.625. The minimum absolute atomic E-state index is 0.185. The first-order valence-electron chi connectivity index (χ1n) is 7.54. The molecular formula is C16H24N2O2. The fourth-order valence-corrected chi connectivity index (χ4v) is 3.49. The Morgan fingerprint density at radius 3 is 2.95 bits per heavy atom. The molecule has 20 heavy (non-hydrogen) atoms. The van der Waals surface area contributed by atoms with Crippen LogP contribution < -0.4 is 5.73 Å². The molecule has 3 N–H and O–H groups in total. The van der Waals surface area contributed by atoms with Crippen LogP contribution in [0.25, 0.3) is 0 Å². The van der Waals surface area contributed by atoms with Crippen LogP contribution in [-0.4, -0.2) is 16.1 Å². The molecule has 1 saturated carbocycles. The molecule has 1 aliphatic carbocycles. The molecule has 1 aromatic heterocycles. The number of carboxylic acids is 1. The molecule has 1 fully saturated rings. The Labute approximate surface area is 120 Å². The maximum absolute atomic E-state index is 11.5.